The van der Waals surface area contributed by atoms with E-state index in [-0.39, 0.29) is 11.9 Å². The fraction of sp³-hybridized carbons (Fsp3) is 0.375. The number of hydrogen-bond donors (Lipinski definition) is 2. The molecule has 0 unspecified atom stereocenters. The Morgan fingerprint density at radius 1 is 1.54 bits per heavy atom. The zero-order valence-electron chi connectivity index (χ0n) is 13.3. The first-order valence-electron chi connectivity index (χ1n) is 8.02. The number of hydrogen-bond acceptors (Lipinski definition) is 5. The van der Waals surface area contributed by atoms with Gasteiger partial charge in [-0.2, -0.15) is 21.5 Å². The molecule has 124 valence electrons. The largest absolute Gasteiger partial charge is 0.340 e. The summed E-state index contributed by atoms with van der Waals surface area (Å²) in [5.41, 5.74) is 2.25. The maximum absolute atomic E-state index is 12.6. The number of aryl methyl sites for hydroxylation is 1. The average molecular weight is 342 g/mol. The molecule has 8 heteroatoms. The number of thiophene rings is 1. The average Bonchev–Trinajstić information content (AvgIpc) is 3.05. The van der Waals surface area contributed by atoms with Gasteiger partial charge in [0.05, 0.1) is 11.7 Å². The first kappa shape index (κ1) is 15.1. The SMILES string of the molecule is CCn1ncnc1[C@H](NC(=O)c1cc(-c2ccsc2)n[nH]1)C1CC1. The fourth-order valence-corrected chi connectivity index (χ4v) is 3.45. The zero-order chi connectivity index (χ0) is 16.5. The maximum atomic E-state index is 12.6. The van der Waals surface area contributed by atoms with E-state index in [1.54, 1.807) is 23.7 Å². The molecule has 0 bridgehead atoms. The monoisotopic (exact) mass is 342 g/mol. The van der Waals surface area contributed by atoms with E-state index in [1.807, 2.05) is 28.4 Å². The van der Waals surface area contributed by atoms with E-state index in [2.05, 4.69) is 25.6 Å². The summed E-state index contributed by atoms with van der Waals surface area (Å²) in [4.78, 5) is 17.0. The number of H-pyrrole nitrogens is 1. The van der Waals surface area contributed by atoms with Crippen LogP contribution in [0.1, 0.15) is 42.1 Å². The molecule has 1 fully saturated rings. The molecule has 7 nitrogen and oxygen atoms in total. The number of carbonyl (C=O) groups excluding carboxylic acids is 1. The third-order valence-electron chi connectivity index (χ3n) is 4.24. The van der Waals surface area contributed by atoms with E-state index >= 15 is 0 Å². The molecule has 24 heavy (non-hydrogen) atoms. The van der Waals surface area contributed by atoms with Gasteiger partial charge in [-0.25, -0.2) is 9.67 Å². The molecule has 1 amide bonds. The third-order valence-corrected chi connectivity index (χ3v) is 4.93. The number of amides is 1. The maximum Gasteiger partial charge on any atom is 0.269 e. The Labute approximate surface area is 143 Å². The molecule has 0 aliphatic heterocycles. The lowest BCUT2D eigenvalue weighted by atomic mass is 10.1. The molecule has 0 saturated heterocycles. The number of nitrogens with zero attached hydrogens (tertiary/aromatic N) is 4. The fourth-order valence-electron chi connectivity index (χ4n) is 2.80. The van der Waals surface area contributed by atoms with Gasteiger partial charge in [-0.3, -0.25) is 9.89 Å². The van der Waals surface area contributed by atoms with Crippen molar-refractivity contribution in [3.05, 3.63) is 40.7 Å². The standard InChI is InChI=1S/C16H18N6OS/c1-2-22-15(17-9-18-22)14(10-3-4-10)19-16(23)13-7-12(20-21-13)11-5-6-24-8-11/h5-10,14H,2-4H2,1H3,(H,19,23)(H,20,21)/t14-/m1/s1. The molecular weight excluding hydrogens is 324 g/mol. The predicted octanol–water partition coefficient (Wildman–Crippen LogP) is 2.63. The first-order chi connectivity index (χ1) is 11.8. The quantitative estimate of drug-likeness (QED) is 0.721. The van der Waals surface area contributed by atoms with E-state index in [9.17, 15) is 4.79 Å². The van der Waals surface area contributed by atoms with E-state index in [0.717, 1.165) is 36.5 Å². The van der Waals surface area contributed by atoms with E-state index in [0.29, 0.717) is 11.6 Å². The van der Waals surface area contributed by atoms with Crippen LogP contribution in [0.3, 0.4) is 0 Å². The van der Waals surface area contributed by atoms with Crippen LogP contribution < -0.4 is 5.32 Å². The molecule has 1 atom stereocenters. The number of aromatic nitrogens is 5. The highest BCUT2D eigenvalue weighted by Gasteiger charge is 2.36. The van der Waals surface area contributed by atoms with Crippen molar-refractivity contribution in [2.45, 2.75) is 32.4 Å². The molecule has 1 aliphatic rings. The van der Waals surface area contributed by atoms with E-state index in [1.165, 1.54) is 0 Å². The highest BCUT2D eigenvalue weighted by Crippen LogP contribution is 2.40. The summed E-state index contributed by atoms with van der Waals surface area (Å²) in [5.74, 6) is 1.10. The Kier molecular flexibility index (Phi) is 3.89. The van der Waals surface area contributed by atoms with Crippen molar-refractivity contribution in [3.8, 4) is 11.3 Å². The summed E-state index contributed by atoms with van der Waals surface area (Å²) in [5, 5.41) is 18.4. The summed E-state index contributed by atoms with van der Waals surface area (Å²) < 4.78 is 1.84. The van der Waals surface area contributed by atoms with Gasteiger partial charge < -0.3 is 5.32 Å². The van der Waals surface area contributed by atoms with Crippen LogP contribution >= 0.6 is 11.3 Å². The molecule has 1 aliphatic carbocycles. The normalized spacial score (nSPS) is 15.4. The number of carbonyl (C=O) groups is 1. The lowest BCUT2D eigenvalue weighted by Crippen LogP contribution is -2.32. The highest BCUT2D eigenvalue weighted by molar-refractivity contribution is 7.08. The Hall–Kier alpha value is -2.48. The van der Waals surface area contributed by atoms with Crippen LogP contribution in [-0.2, 0) is 6.54 Å². The second kappa shape index (κ2) is 6.20. The van der Waals surface area contributed by atoms with Crippen LogP contribution in [0.2, 0.25) is 0 Å². The van der Waals surface area contributed by atoms with Gasteiger partial charge in [0.2, 0.25) is 0 Å². The van der Waals surface area contributed by atoms with Crippen LogP contribution in [0.5, 0.6) is 0 Å². The van der Waals surface area contributed by atoms with Crippen molar-refractivity contribution in [1.82, 2.24) is 30.3 Å². The first-order valence-corrected chi connectivity index (χ1v) is 8.97. The van der Waals surface area contributed by atoms with Crippen LogP contribution in [-0.4, -0.2) is 30.9 Å². The van der Waals surface area contributed by atoms with Crippen molar-refractivity contribution in [1.29, 1.82) is 0 Å². The van der Waals surface area contributed by atoms with Gasteiger partial charge in [0.1, 0.15) is 17.8 Å². The Morgan fingerprint density at radius 3 is 3.12 bits per heavy atom. The summed E-state index contributed by atoms with van der Waals surface area (Å²) in [7, 11) is 0. The molecule has 3 heterocycles. The molecule has 0 spiro atoms. The van der Waals surface area contributed by atoms with Crippen LogP contribution in [0.25, 0.3) is 11.3 Å². The van der Waals surface area contributed by atoms with Gasteiger partial charge in [-0.1, -0.05) is 0 Å². The Bertz CT molecular complexity index is 833. The van der Waals surface area contributed by atoms with Gasteiger partial charge in [-0.05, 0) is 43.2 Å². The van der Waals surface area contributed by atoms with Gasteiger partial charge in [0.15, 0.2) is 0 Å². The van der Waals surface area contributed by atoms with Crippen molar-refractivity contribution in [2.75, 3.05) is 0 Å². The van der Waals surface area contributed by atoms with Crippen LogP contribution in [0.15, 0.2) is 29.2 Å². The minimum atomic E-state index is -0.161. The van der Waals surface area contributed by atoms with Gasteiger partial charge in [0.25, 0.3) is 5.91 Å². The molecule has 4 rings (SSSR count). The molecule has 2 N–H and O–H groups in total. The smallest absolute Gasteiger partial charge is 0.269 e. The number of aromatic amines is 1. The molecular formula is C16H18N6OS. The Balaban J connectivity index is 1.54. The second-order valence-electron chi connectivity index (χ2n) is 5.90. The van der Waals surface area contributed by atoms with Crippen LogP contribution in [0, 0.1) is 5.92 Å². The lowest BCUT2D eigenvalue weighted by Gasteiger charge is -2.17. The molecule has 0 aromatic carbocycles. The van der Waals surface area contributed by atoms with Crippen molar-refractivity contribution in [3.63, 3.8) is 0 Å². The van der Waals surface area contributed by atoms with Gasteiger partial charge >= 0.3 is 0 Å². The topological polar surface area (TPSA) is 88.5 Å². The van der Waals surface area contributed by atoms with E-state index in [4.69, 9.17) is 0 Å². The summed E-state index contributed by atoms with van der Waals surface area (Å²) in [6.07, 6.45) is 3.75. The Morgan fingerprint density at radius 2 is 2.42 bits per heavy atom. The third kappa shape index (κ3) is 2.84. The van der Waals surface area contributed by atoms with Crippen LogP contribution in [0.4, 0.5) is 0 Å². The zero-order valence-corrected chi connectivity index (χ0v) is 14.1. The van der Waals surface area contributed by atoms with Gasteiger partial charge in [-0.15, -0.1) is 0 Å². The van der Waals surface area contributed by atoms with Crippen molar-refractivity contribution < 1.29 is 4.79 Å². The van der Waals surface area contributed by atoms with E-state index < -0.39 is 0 Å². The predicted molar refractivity (Wildman–Crippen MR) is 90.5 cm³/mol. The summed E-state index contributed by atoms with van der Waals surface area (Å²) in [6.45, 7) is 2.76. The lowest BCUT2D eigenvalue weighted by molar-refractivity contribution is 0.0923. The van der Waals surface area contributed by atoms with Crippen molar-refractivity contribution in [2.24, 2.45) is 5.92 Å². The van der Waals surface area contributed by atoms with Crippen molar-refractivity contribution >= 4 is 17.2 Å². The number of nitrogens with one attached hydrogen (secondary N) is 2. The second-order valence-corrected chi connectivity index (χ2v) is 6.68. The van der Waals surface area contributed by atoms with Gasteiger partial charge in [0, 0.05) is 17.5 Å². The molecule has 0 radical (unpaired) electrons. The highest BCUT2D eigenvalue weighted by atomic mass is 32.1. The minimum Gasteiger partial charge on any atom is -0.340 e. The molecule has 3 aromatic rings. The summed E-state index contributed by atoms with van der Waals surface area (Å²) in [6, 6.07) is 3.67. The summed E-state index contributed by atoms with van der Waals surface area (Å²) >= 11 is 1.60. The number of rotatable bonds is 6. The molecule has 3 aromatic heterocycles. The molecule has 1 saturated carbocycles. The minimum absolute atomic E-state index is 0.104.